The van der Waals surface area contributed by atoms with E-state index in [1.165, 1.54) is 13.3 Å². The number of methoxy groups -OCH3 is 1. The molecule has 0 atom stereocenters. The minimum Gasteiger partial charge on any atom is -0.493 e. The highest BCUT2D eigenvalue weighted by Gasteiger charge is 2.22. The van der Waals surface area contributed by atoms with E-state index >= 15 is 0 Å². The third-order valence-electron chi connectivity index (χ3n) is 5.35. The van der Waals surface area contributed by atoms with E-state index < -0.39 is 22.5 Å². The van der Waals surface area contributed by atoms with Gasteiger partial charge in [-0.3, -0.25) is 9.10 Å². The Kier molecular flexibility index (Phi) is 10.4. The predicted octanol–water partition coefficient (Wildman–Crippen LogP) is 5.82. The molecule has 3 rings (SSSR count). The summed E-state index contributed by atoms with van der Waals surface area (Å²) in [6.07, 6.45) is 3.09. The zero-order valence-corrected chi connectivity index (χ0v) is 24.8. The maximum Gasteiger partial charge on any atom is 0.260 e. The van der Waals surface area contributed by atoms with Crippen molar-refractivity contribution in [3.8, 4) is 11.5 Å². The molecule has 0 aliphatic heterocycles. The first kappa shape index (κ1) is 29.8. The zero-order valence-electron chi connectivity index (χ0n) is 20.9. The Labute approximate surface area is 240 Å². The van der Waals surface area contributed by atoms with Crippen LogP contribution >= 0.6 is 39.1 Å². The lowest BCUT2D eigenvalue weighted by molar-refractivity contribution is -0.119. The number of nitrogens with zero attached hydrogens (tertiary/aromatic N) is 2. The minimum absolute atomic E-state index is 0.230. The second kappa shape index (κ2) is 13.3. The van der Waals surface area contributed by atoms with Crippen LogP contribution in [-0.2, 0) is 27.8 Å². The molecule has 1 N–H and O–H groups in total. The monoisotopic (exact) mass is 641 g/mol. The van der Waals surface area contributed by atoms with Crippen LogP contribution in [0.3, 0.4) is 0 Å². The predicted molar refractivity (Wildman–Crippen MR) is 155 cm³/mol. The van der Waals surface area contributed by atoms with Crippen molar-refractivity contribution in [2.75, 3.05) is 24.2 Å². The first-order valence-electron chi connectivity index (χ1n) is 11.3. The highest BCUT2D eigenvalue weighted by atomic mass is 79.9. The van der Waals surface area contributed by atoms with Crippen molar-refractivity contribution < 1.29 is 22.7 Å². The summed E-state index contributed by atoms with van der Waals surface area (Å²) < 4.78 is 37.9. The van der Waals surface area contributed by atoms with Crippen LogP contribution in [0, 0.1) is 0 Å². The number of aryl methyl sites for hydroxylation is 1. The molecule has 1 amide bonds. The third-order valence-corrected chi connectivity index (χ3v) is 7.81. The molecule has 0 aromatic heterocycles. The molecule has 3 aromatic carbocycles. The van der Waals surface area contributed by atoms with E-state index in [1.54, 1.807) is 36.4 Å². The number of nitrogens with one attached hydrogen (secondary N) is 1. The molecule has 0 heterocycles. The topological polar surface area (TPSA) is 97.3 Å². The van der Waals surface area contributed by atoms with Gasteiger partial charge in [-0.1, -0.05) is 54.4 Å². The normalized spacial score (nSPS) is 11.4. The van der Waals surface area contributed by atoms with Gasteiger partial charge in [0.15, 0.2) is 11.5 Å². The van der Waals surface area contributed by atoms with Gasteiger partial charge in [0.05, 0.1) is 39.8 Å². The fourth-order valence-corrected chi connectivity index (χ4v) is 5.30. The van der Waals surface area contributed by atoms with Gasteiger partial charge in [0.1, 0.15) is 13.2 Å². The number of hydrogen-bond donors (Lipinski definition) is 1. The van der Waals surface area contributed by atoms with E-state index in [1.807, 2.05) is 25.1 Å². The van der Waals surface area contributed by atoms with Crippen LogP contribution in [-0.4, -0.2) is 40.4 Å². The van der Waals surface area contributed by atoms with E-state index in [2.05, 4.69) is 26.5 Å². The number of ether oxygens (including phenoxy) is 2. The Balaban J connectivity index is 1.70. The number of anilines is 1. The second-order valence-corrected chi connectivity index (χ2v) is 11.7. The Hall–Kier alpha value is -2.79. The van der Waals surface area contributed by atoms with E-state index in [9.17, 15) is 13.2 Å². The number of hydrogen-bond acceptors (Lipinski definition) is 6. The average molecular weight is 643 g/mol. The minimum atomic E-state index is -3.70. The molecule has 8 nitrogen and oxygen atoms in total. The number of hydrazone groups is 1. The van der Waals surface area contributed by atoms with Gasteiger partial charge in [-0.2, -0.15) is 5.10 Å². The number of carbonyl (C=O) groups is 1. The summed E-state index contributed by atoms with van der Waals surface area (Å²) >= 11 is 15.5. The van der Waals surface area contributed by atoms with Gasteiger partial charge in [0, 0.05) is 0 Å². The molecule has 3 aromatic rings. The van der Waals surface area contributed by atoms with Gasteiger partial charge in [-0.05, 0) is 69.4 Å². The smallest absolute Gasteiger partial charge is 0.260 e. The summed E-state index contributed by atoms with van der Waals surface area (Å²) in [6, 6.07) is 15.7. The molecular formula is C26H26BrCl2N3O5S. The van der Waals surface area contributed by atoms with Crippen LogP contribution in [0.15, 0.2) is 64.2 Å². The average Bonchev–Trinajstić information content (AvgIpc) is 2.87. The summed E-state index contributed by atoms with van der Waals surface area (Å²) in [5.74, 6) is 0.315. The fraction of sp³-hybridized carbons (Fsp3) is 0.231. The van der Waals surface area contributed by atoms with Crippen molar-refractivity contribution in [1.29, 1.82) is 0 Å². The van der Waals surface area contributed by atoms with Crippen LogP contribution in [0.2, 0.25) is 10.0 Å². The number of amides is 1. The summed E-state index contributed by atoms with van der Waals surface area (Å²) in [5.41, 5.74) is 5.08. The van der Waals surface area contributed by atoms with Crippen LogP contribution in [0.4, 0.5) is 5.69 Å². The number of sulfonamides is 1. The van der Waals surface area contributed by atoms with Crippen LogP contribution in [0.5, 0.6) is 11.5 Å². The van der Waals surface area contributed by atoms with Gasteiger partial charge >= 0.3 is 0 Å². The molecule has 0 aliphatic carbocycles. The molecule has 0 saturated heterocycles. The van der Waals surface area contributed by atoms with Crippen molar-refractivity contribution in [3.63, 3.8) is 0 Å². The van der Waals surface area contributed by atoms with E-state index in [4.69, 9.17) is 32.7 Å². The standard InChI is InChI=1S/C26H26BrCl2N3O5S/c1-4-19-7-5-6-8-23(19)32(38(3,34)35)15-25(33)31-30-14-18-11-20(27)26(24(13-18)36-2)37-16-17-9-10-21(28)22(29)12-17/h5-14H,4,15-16H2,1-3H3,(H,31,33)/b30-14-. The molecule has 0 bridgehead atoms. The maximum atomic E-state index is 12.6. The highest BCUT2D eigenvalue weighted by molar-refractivity contribution is 9.10. The summed E-state index contributed by atoms with van der Waals surface area (Å²) in [7, 11) is -2.20. The molecule has 202 valence electrons. The Morgan fingerprint density at radius 1 is 1.13 bits per heavy atom. The summed E-state index contributed by atoms with van der Waals surface area (Å²) in [6.45, 7) is 1.73. The highest BCUT2D eigenvalue weighted by Crippen LogP contribution is 2.37. The lowest BCUT2D eigenvalue weighted by Gasteiger charge is -2.23. The lowest BCUT2D eigenvalue weighted by atomic mass is 10.1. The molecular weight excluding hydrogens is 617 g/mol. The first-order chi connectivity index (χ1) is 18.0. The van der Waals surface area contributed by atoms with Crippen LogP contribution in [0.1, 0.15) is 23.6 Å². The Morgan fingerprint density at radius 3 is 2.53 bits per heavy atom. The molecule has 0 unspecified atom stereocenters. The maximum absolute atomic E-state index is 12.6. The number of halogens is 3. The molecule has 38 heavy (non-hydrogen) atoms. The lowest BCUT2D eigenvalue weighted by Crippen LogP contribution is -2.39. The summed E-state index contributed by atoms with van der Waals surface area (Å²) in [5, 5.41) is 4.87. The number of benzene rings is 3. The largest absolute Gasteiger partial charge is 0.493 e. The van der Waals surface area contributed by atoms with E-state index in [-0.39, 0.29) is 6.61 Å². The van der Waals surface area contributed by atoms with Crippen molar-refractivity contribution in [3.05, 3.63) is 85.8 Å². The van der Waals surface area contributed by atoms with Crippen LogP contribution in [0.25, 0.3) is 0 Å². The van der Waals surface area contributed by atoms with E-state index in [0.29, 0.717) is 43.7 Å². The van der Waals surface area contributed by atoms with E-state index in [0.717, 1.165) is 21.7 Å². The number of carbonyl (C=O) groups excluding carboxylic acids is 1. The van der Waals surface area contributed by atoms with Gasteiger partial charge < -0.3 is 9.47 Å². The molecule has 0 spiro atoms. The second-order valence-electron chi connectivity index (χ2n) is 8.12. The SMILES string of the molecule is CCc1ccccc1N(CC(=O)N/N=C\c1cc(Br)c(OCc2ccc(Cl)c(Cl)c2)c(OC)c1)S(C)(=O)=O. The zero-order chi connectivity index (χ0) is 27.9. The van der Waals surface area contributed by atoms with Crippen molar-refractivity contribution in [1.82, 2.24) is 5.43 Å². The Bertz CT molecular complexity index is 1450. The van der Waals surface area contributed by atoms with Crippen molar-refractivity contribution in [2.45, 2.75) is 20.0 Å². The third kappa shape index (κ3) is 7.86. The van der Waals surface area contributed by atoms with Crippen molar-refractivity contribution in [2.24, 2.45) is 5.10 Å². The van der Waals surface area contributed by atoms with Crippen molar-refractivity contribution >= 4 is 67.0 Å². The Morgan fingerprint density at radius 2 is 1.87 bits per heavy atom. The molecule has 12 heteroatoms. The van der Waals surface area contributed by atoms with Gasteiger partial charge in [-0.15, -0.1) is 0 Å². The summed E-state index contributed by atoms with van der Waals surface area (Å²) in [4.78, 5) is 12.6. The number of rotatable bonds is 11. The van der Waals surface area contributed by atoms with Crippen LogP contribution < -0.4 is 19.2 Å². The quantitative estimate of drug-likeness (QED) is 0.210. The molecule has 0 radical (unpaired) electrons. The molecule has 0 aliphatic rings. The number of para-hydroxylation sites is 1. The molecule has 0 fully saturated rings. The van der Waals surface area contributed by atoms with Gasteiger partial charge in [-0.25, -0.2) is 13.8 Å². The fourth-order valence-electron chi connectivity index (χ4n) is 3.52. The molecule has 0 saturated carbocycles. The van der Waals surface area contributed by atoms with Gasteiger partial charge in [0.2, 0.25) is 10.0 Å². The first-order valence-corrected chi connectivity index (χ1v) is 14.7. The van der Waals surface area contributed by atoms with Gasteiger partial charge in [0.25, 0.3) is 5.91 Å².